The van der Waals surface area contributed by atoms with Crippen LogP contribution < -0.4 is 10.6 Å². The number of hydrogen-bond acceptors (Lipinski definition) is 3. The molecule has 0 radical (unpaired) electrons. The van der Waals surface area contributed by atoms with Crippen molar-refractivity contribution in [1.29, 1.82) is 0 Å². The highest BCUT2D eigenvalue weighted by atomic mass is 35.5. The summed E-state index contributed by atoms with van der Waals surface area (Å²) in [6.07, 6.45) is 3.46. The van der Waals surface area contributed by atoms with Crippen LogP contribution >= 0.6 is 11.6 Å². The molecule has 6 heteroatoms. The lowest BCUT2D eigenvalue weighted by Crippen LogP contribution is -2.11. The van der Waals surface area contributed by atoms with Crippen LogP contribution in [0.5, 0.6) is 0 Å². The zero-order valence-corrected chi connectivity index (χ0v) is 16.6. The Morgan fingerprint density at radius 1 is 0.967 bits per heavy atom. The third kappa shape index (κ3) is 4.47. The lowest BCUT2D eigenvalue weighted by molar-refractivity contribution is -0.115. The van der Waals surface area contributed by atoms with E-state index in [2.05, 4.69) is 10.6 Å². The number of benzene rings is 3. The number of ketones is 1. The predicted molar refractivity (Wildman–Crippen MR) is 118 cm³/mol. The van der Waals surface area contributed by atoms with E-state index in [4.69, 9.17) is 11.6 Å². The number of carbonyl (C=O) groups is 3. The summed E-state index contributed by atoms with van der Waals surface area (Å²) in [7, 11) is 0. The molecule has 0 aromatic heterocycles. The van der Waals surface area contributed by atoms with Gasteiger partial charge in [0.25, 0.3) is 5.91 Å². The van der Waals surface area contributed by atoms with Crippen molar-refractivity contribution in [2.45, 2.75) is 6.42 Å². The SMILES string of the molecule is O=C1Cc2cc(C(=O)/C=C/c3cccc(NC(=O)c4ccc(Cl)cc4)c3)ccc2N1. The van der Waals surface area contributed by atoms with Crippen LogP contribution in [0.3, 0.4) is 0 Å². The molecule has 2 N–H and O–H groups in total. The third-order valence-electron chi connectivity index (χ3n) is 4.69. The van der Waals surface area contributed by atoms with E-state index in [9.17, 15) is 14.4 Å². The van der Waals surface area contributed by atoms with Crippen molar-refractivity contribution in [3.05, 3.63) is 100 Å². The predicted octanol–water partition coefficient (Wildman–Crippen LogP) is 4.98. The second kappa shape index (κ2) is 8.35. The number of hydrogen-bond donors (Lipinski definition) is 2. The summed E-state index contributed by atoms with van der Waals surface area (Å²) < 4.78 is 0. The summed E-state index contributed by atoms with van der Waals surface area (Å²) in [6, 6.07) is 19.0. The number of anilines is 2. The van der Waals surface area contributed by atoms with E-state index in [-0.39, 0.29) is 24.0 Å². The molecule has 0 spiro atoms. The minimum absolute atomic E-state index is 0.0670. The van der Waals surface area contributed by atoms with E-state index in [1.165, 1.54) is 6.08 Å². The van der Waals surface area contributed by atoms with Crippen molar-refractivity contribution in [3.8, 4) is 0 Å². The van der Waals surface area contributed by atoms with Crippen molar-refractivity contribution in [3.63, 3.8) is 0 Å². The number of carbonyl (C=O) groups excluding carboxylic acids is 3. The Hall–Kier alpha value is -3.70. The van der Waals surface area contributed by atoms with Gasteiger partial charge in [-0.3, -0.25) is 14.4 Å². The maximum absolute atomic E-state index is 12.5. The molecule has 2 amide bonds. The smallest absolute Gasteiger partial charge is 0.255 e. The van der Waals surface area contributed by atoms with Crippen LogP contribution in [0.1, 0.15) is 31.8 Å². The van der Waals surface area contributed by atoms with Gasteiger partial charge in [-0.05, 0) is 71.8 Å². The van der Waals surface area contributed by atoms with Gasteiger partial charge in [0, 0.05) is 27.5 Å². The number of fused-ring (bicyclic) bond motifs is 1. The molecule has 148 valence electrons. The Bertz CT molecular complexity index is 1180. The van der Waals surface area contributed by atoms with Gasteiger partial charge >= 0.3 is 0 Å². The number of rotatable bonds is 5. The van der Waals surface area contributed by atoms with Crippen LogP contribution in [-0.2, 0) is 11.2 Å². The van der Waals surface area contributed by atoms with E-state index in [0.717, 1.165) is 16.8 Å². The van der Waals surface area contributed by atoms with Gasteiger partial charge in [-0.25, -0.2) is 0 Å². The van der Waals surface area contributed by atoms with Gasteiger partial charge in [0.1, 0.15) is 0 Å². The maximum Gasteiger partial charge on any atom is 0.255 e. The lowest BCUT2D eigenvalue weighted by atomic mass is 10.0. The van der Waals surface area contributed by atoms with Crippen LogP contribution in [-0.4, -0.2) is 17.6 Å². The minimum atomic E-state index is -0.245. The molecule has 0 atom stereocenters. The quantitative estimate of drug-likeness (QED) is 0.454. The molecule has 4 rings (SSSR count). The van der Waals surface area contributed by atoms with E-state index >= 15 is 0 Å². The minimum Gasteiger partial charge on any atom is -0.326 e. The van der Waals surface area contributed by atoms with E-state index < -0.39 is 0 Å². The fraction of sp³-hybridized carbons (Fsp3) is 0.0417. The van der Waals surface area contributed by atoms with Crippen LogP contribution in [0.4, 0.5) is 11.4 Å². The van der Waals surface area contributed by atoms with Gasteiger partial charge < -0.3 is 10.6 Å². The maximum atomic E-state index is 12.5. The molecule has 3 aromatic rings. The van der Waals surface area contributed by atoms with Gasteiger partial charge in [-0.15, -0.1) is 0 Å². The second-order valence-electron chi connectivity index (χ2n) is 6.88. The molecule has 0 aliphatic carbocycles. The molecular formula is C24H17ClN2O3. The molecular weight excluding hydrogens is 400 g/mol. The molecule has 3 aromatic carbocycles. The molecule has 0 saturated carbocycles. The molecule has 5 nitrogen and oxygen atoms in total. The monoisotopic (exact) mass is 416 g/mol. The van der Waals surface area contributed by atoms with E-state index in [0.29, 0.717) is 21.8 Å². The highest BCUT2D eigenvalue weighted by molar-refractivity contribution is 6.30. The Balaban J connectivity index is 1.45. The second-order valence-corrected chi connectivity index (χ2v) is 7.32. The standard InChI is InChI=1S/C24H17ClN2O3/c25-19-8-5-16(6-9-19)24(30)26-20-3-1-2-15(12-20)4-11-22(28)17-7-10-21-18(13-17)14-23(29)27-21/h1-13H,14H2,(H,26,30)(H,27,29)/b11-4+. The van der Waals surface area contributed by atoms with Crippen molar-refractivity contribution in [2.75, 3.05) is 10.6 Å². The van der Waals surface area contributed by atoms with E-state index in [1.807, 2.05) is 6.07 Å². The Morgan fingerprint density at radius 2 is 1.73 bits per heavy atom. The highest BCUT2D eigenvalue weighted by Crippen LogP contribution is 2.24. The van der Waals surface area contributed by atoms with Gasteiger partial charge in [0.2, 0.25) is 5.91 Å². The third-order valence-corrected chi connectivity index (χ3v) is 4.94. The molecule has 30 heavy (non-hydrogen) atoms. The number of halogens is 1. The van der Waals surface area contributed by atoms with Crippen LogP contribution in [0.25, 0.3) is 6.08 Å². The largest absolute Gasteiger partial charge is 0.326 e. The Morgan fingerprint density at radius 3 is 2.53 bits per heavy atom. The van der Waals surface area contributed by atoms with Crippen molar-refractivity contribution >= 4 is 46.6 Å². The van der Waals surface area contributed by atoms with Crippen LogP contribution in [0.15, 0.2) is 72.8 Å². The zero-order valence-electron chi connectivity index (χ0n) is 15.8. The summed E-state index contributed by atoms with van der Waals surface area (Å²) in [4.78, 5) is 36.3. The van der Waals surface area contributed by atoms with Gasteiger partial charge in [-0.2, -0.15) is 0 Å². The average molecular weight is 417 g/mol. The number of amides is 2. The van der Waals surface area contributed by atoms with Crippen molar-refractivity contribution in [1.82, 2.24) is 0 Å². The van der Waals surface area contributed by atoms with Crippen LogP contribution in [0.2, 0.25) is 5.02 Å². The number of nitrogens with one attached hydrogen (secondary N) is 2. The molecule has 0 bridgehead atoms. The van der Waals surface area contributed by atoms with Crippen molar-refractivity contribution in [2.24, 2.45) is 0 Å². The molecule has 0 saturated heterocycles. The summed E-state index contributed by atoms with van der Waals surface area (Å²) in [5, 5.41) is 6.14. The van der Waals surface area contributed by atoms with Crippen LogP contribution in [0, 0.1) is 0 Å². The first-order valence-electron chi connectivity index (χ1n) is 9.30. The molecule has 0 fully saturated rings. The molecule has 1 aliphatic heterocycles. The van der Waals surface area contributed by atoms with Gasteiger partial charge in [0.05, 0.1) is 6.42 Å². The van der Waals surface area contributed by atoms with E-state index in [1.54, 1.807) is 66.7 Å². The Labute approximate surface area is 178 Å². The molecule has 0 unspecified atom stereocenters. The summed E-state index contributed by atoms with van der Waals surface area (Å²) in [6.45, 7) is 0. The fourth-order valence-corrected chi connectivity index (χ4v) is 3.30. The topological polar surface area (TPSA) is 75.3 Å². The number of allylic oxidation sites excluding steroid dienone is 1. The normalized spacial score (nSPS) is 12.5. The Kier molecular flexibility index (Phi) is 5.46. The zero-order chi connectivity index (χ0) is 21.1. The summed E-state index contributed by atoms with van der Waals surface area (Å²) >= 11 is 5.85. The summed E-state index contributed by atoms with van der Waals surface area (Å²) in [5.74, 6) is -0.472. The first-order valence-corrected chi connectivity index (χ1v) is 9.68. The summed E-state index contributed by atoms with van der Waals surface area (Å²) in [5.41, 5.74) is 3.99. The molecule has 1 heterocycles. The average Bonchev–Trinajstić information content (AvgIpc) is 3.12. The molecule has 1 aliphatic rings. The highest BCUT2D eigenvalue weighted by Gasteiger charge is 2.18. The van der Waals surface area contributed by atoms with Gasteiger partial charge in [-0.1, -0.05) is 29.8 Å². The first kappa shape index (κ1) is 19.6. The first-order chi connectivity index (χ1) is 14.5. The fourth-order valence-electron chi connectivity index (χ4n) is 3.18. The van der Waals surface area contributed by atoms with Gasteiger partial charge in [0.15, 0.2) is 5.78 Å². The lowest BCUT2D eigenvalue weighted by Gasteiger charge is -2.06. The van der Waals surface area contributed by atoms with Crippen molar-refractivity contribution < 1.29 is 14.4 Å².